The van der Waals surface area contributed by atoms with Gasteiger partial charge in [0, 0.05) is 43.2 Å². The van der Waals surface area contributed by atoms with E-state index in [9.17, 15) is 4.79 Å². The van der Waals surface area contributed by atoms with Gasteiger partial charge >= 0.3 is 5.97 Å². The van der Waals surface area contributed by atoms with Crippen LogP contribution in [0.15, 0.2) is 48.7 Å². The number of carbonyl (C=O) groups excluding carboxylic acids is 1. The molecule has 1 N–H and O–H groups in total. The highest BCUT2D eigenvalue weighted by Gasteiger charge is 2.32. The second kappa shape index (κ2) is 9.02. The number of H-pyrrole nitrogens is 1. The van der Waals surface area contributed by atoms with E-state index in [1.54, 1.807) is 12.1 Å². The molecular formula is C25H30N2O3. The van der Waals surface area contributed by atoms with Gasteiger partial charge in [0.15, 0.2) is 6.23 Å². The number of nitrogens with zero attached hydrogens (tertiary/aromatic N) is 1. The van der Waals surface area contributed by atoms with Gasteiger partial charge in [-0.2, -0.15) is 0 Å². The first kappa shape index (κ1) is 20.6. The van der Waals surface area contributed by atoms with Crippen molar-refractivity contribution in [3.8, 4) is 0 Å². The molecule has 5 nitrogen and oxygen atoms in total. The molecule has 0 aliphatic carbocycles. The molecule has 3 aromatic rings. The topological polar surface area (TPSA) is 54.6 Å². The van der Waals surface area contributed by atoms with E-state index in [2.05, 4.69) is 35.9 Å². The minimum atomic E-state index is -0.308. The predicted molar refractivity (Wildman–Crippen MR) is 118 cm³/mol. The van der Waals surface area contributed by atoms with Gasteiger partial charge in [-0.25, -0.2) is 4.79 Å². The van der Waals surface area contributed by atoms with Crippen molar-refractivity contribution < 1.29 is 14.3 Å². The van der Waals surface area contributed by atoms with E-state index >= 15 is 0 Å². The molecule has 1 saturated heterocycles. The summed E-state index contributed by atoms with van der Waals surface area (Å²) in [5.74, 6) is -0.282. The number of piperidine rings is 1. The van der Waals surface area contributed by atoms with Crippen LogP contribution in [0.3, 0.4) is 0 Å². The summed E-state index contributed by atoms with van der Waals surface area (Å²) >= 11 is 0. The average molecular weight is 407 g/mol. The number of nitrogens with one attached hydrogen (secondary N) is 1. The zero-order chi connectivity index (χ0) is 21.1. The van der Waals surface area contributed by atoms with Crippen LogP contribution in [-0.2, 0) is 16.0 Å². The van der Waals surface area contributed by atoms with Crippen molar-refractivity contribution in [1.29, 1.82) is 0 Å². The molecule has 0 amide bonds. The van der Waals surface area contributed by atoms with E-state index in [-0.39, 0.29) is 18.3 Å². The molecule has 2 heterocycles. The first-order valence-corrected chi connectivity index (χ1v) is 10.7. The van der Waals surface area contributed by atoms with E-state index in [0.29, 0.717) is 18.6 Å². The van der Waals surface area contributed by atoms with E-state index in [0.717, 1.165) is 19.5 Å². The molecule has 2 atom stereocenters. The number of hydrogen-bond donors (Lipinski definition) is 1. The predicted octanol–water partition coefficient (Wildman–Crippen LogP) is 4.97. The Morgan fingerprint density at radius 3 is 2.73 bits per heavy atom. The van der Waals surface area contributed by atoms with Gasteiger partial charge in [0.25, 0.3) is 0 Å². The number of benzene rings is 2. The fourth-order valence-electron chi connectivity index (χ4n) is 4.46. The summed E-state index contributed by atoms with van der Waals surface area (Å²) in [7, 11) is 0. The van der Waals surface area contributed by atoms with Crippen LogP contribution in [0.2, 0.25) is 0 Å². The van der Waals surface area contributed by atoms with Gasteiger partial charge in [0.1, 0.15) is 0 Å². The number of aromatic amines is 1. The molecule has 1 fully saturated rings. The molecule has 1 aromatic heterocycles. The fourth-order valence-corrected chi connectivity index (χ4v) is 4.46. The number of carbonyl (C=O) groups is 1. The van der Waals surface area contributed by atoms with Crippen molar-refractivity contribution >= 4 is 16.9 Å². The molecule has 5 heteroatoms. The molecule has 0 bridgehead atoms. The standard InChI is InChI=1S/C25H30N2O3/c1-4-29-20-11-13-27(23(15-20)30-25(28)19-8-6-5-7-9-19)16-22-17(2)14-18(3)24-21(22)10-12-26-24/h5-10,12,14,20,23,26H,4,11,13,15-16H2,1-3H3/t20-,23-/m0/s1. The monoisotopic (exact) mass is 406 g/mol. The quantitative estimate of drug-likeness (QED) is 0.587. The van der Waals surface area contributed by atoms with Crippen LogP contribution in [0.25, 0.3) is 10.9 Å². The zero-order valence-corrected chi connectivity index (χ0v) is 18.0. The number of rotatable bonds is 6. The zero-order valence-electron chi connectivity index (χ0n) is 18.0. The highest BCUT2D eigenvalue weighted by Crippen LogP contribution is 2.30. The molecule has 0 spiro atoms. The molecule has 1 aliphatic heterocycles. The van der Waals surface area contributed by atoms with Gasteiger partial charge in [0.05, 0.1) is 11.7 Å². The van der Waals surface area contributed by atoms with E-state index in [1.807, 2.05) is 31.3 Å². The van der Waals surface area contributed by atoms with Crippen molar-refractivity contribution in [1.82, 2.24) is 9.88 Å². The van der Waals surface area contributed by atoms with E-state index in [1.165, 1.54) is 27.6 Å². The normalized spacial score (nSPS) is 19.8. The molecular weight excluding hydrogens is 376 g/mol. The number of fused-ring (bicyclic) bond motifs is 1. The van der Waals surface area contributed by atoms with Crippen molar-refractivity contribution in [3.63, 3.8) is 0 Å². The maximum Gasteiger partial charge on any atom is 0.339 e. The molecule has 2 aromatic carbocycles. The Labute approximate surface area is 178 Å². The van der Waals surface area contributed by atoms with Gasteiger partial charge in [-0.3, -0.25) is 4.90 Å². The number of hydrogen-bond acceptors (Lipinski definition) is 4. The van der Waals surface area contributed by atoms with Gasteiger partial charge in [-0.15, -0.1) is 0 Å². The summed E-state index contributed by atoms with van der Waals surface area (Å²) in [5, 5.41) is 1.24. The lowest BCUT2D eigenvalue weighted by atomic mass is 9.98. The molecule has 30 heavy (non-hydrogen) atoms. The number of aryl methyl sites for hydroxylation is 2. The lowest BCUT2D eigenvalue weighted by Gasteiger charge is -2.38. The minimum Gasteiger partial charge on any atom is -0.443 e. The second-order valence-corrected chi connectivity index (χ2v) is 8.05. The van der Waals surface area contributed by atoms with Crippen LogP contribution < -0.4 is 0 Å². The third-order valence-corrected chi connectivity index (χ3v) is 6.00. The Hall–Kier alpha value is -2.63. The van der Waals surface area contributed by atoms with Crippen LogP contribution in [0.1, 0.15) is 46.8 Å². The molecule has 1 aliphatic rings. The number of ether oxygens (including phenoxy) is 2. The molecule has 0 saturated carbocycles. The van der Waals surface area contributed by atoms with Crippen LogP contribution in [0.4, 0.5) is 0 Å². The van der Waals surface area contributed by atoms with Crippen LogP contribution >= 0.6 is 0 Å². The second-order valence-electron chi connectivity index (χ2n) is 8.05. The SMILES string of the molecule is CCO[C@H]1CCN(Cc2c(C)cc(C)c3[nH]ccc23)[C@@H](OC(=O)c2ccccc2)C1. The molecule has 0 radical (unpaired) electrons. The van der Waals surface area contributed by atoms with E-state index in [4.69, 9.17) is 9.47 Å². The Morgan fingerprint density at radius 2 is 1.97 bits per heavy atom. The Balaban J connectivity index is 1.59. The first-order valence-electron chi connectivity index (χ1n) is 10.7. The van der Waals surface area contributed by atoms with Gasteiger partial charge in [-0.1, -0.05) is 24.3 Å². The lowest BCUT2D eigenvalue weighted by Crippen LogP contribution is -2.47. The van der Waals surface area contributed by atoms with Crippen molar-refractivity contribution in [2.24, 2.45) is 0 Å². The fraction of sp³-hybridized carbons (Fsp3) is 0.400. The smallest absolute Gasteiger partial charge is 0.339 e. The lowest BCUT2D eigenvalue weighted by molar-refractivity contribution is -0.0991. The van der Waals surface area contributed by atoms with Crippen molar-refractivity contribution in [2.45, 2.75) is 52.5 Å². The maximum absolute atomic E-state index is 12.8. The van der Waals surface area contributed by atoms with E-state index < -0.39 is 0 Å². The largest absolute Gasteiger partial charge is 0.443 e. The first-order chi connectivity index (χ1) is 14.6. The highest BCUT2D eigenvalue weighted by molar-refractivity contribution is 5.89. The van der Waals surface area contributed by atoms with Gasteiger partial charge in [0.2, 0.25) is 0 Å². The number of esters is 1. The van der Waals surface area contributed by atoms with Crippen molar-refractivity contribution in [2.75, 3.05) is 13.2 Å². The summed E-state index contributed by atoms with van der Waals surface area (Å²) in [6.07, 6.45) is 3.43. The Morgan fingerprint density at radius 1 is 1.17 bits per heavy atom. The summed E-state index contributed by atoms with van der Waals surface area (Å²) in [6.45, 7) is 8.55. The van der Waals surface area contributed by atoms with Gasteiger partial charge in [-0.05, 0) is 62.1 Å². The molecule has 4 rings (SSSR count). The van der Waals surface area contributed by atoms with Crippen LogP contribution in [0, 0.1) is 13.8 Å². The maximum atomic E-state index is 12.8. The molecule has 0 unspecified atom stereocenters. The van der Waals surface area contributed by atoms with Crippen LogP contribution in [-0.4, -0.2) is 41.3 Å². The van der Waals surface area contributed by atoms with Gasteiger partial charge < -0.3 is 14.5 Å². The Kier molecular flexibility index (Phi) is 6.21. The van der Waals surface area contributed by atoms with Crippen LogP contribution in [0.5, 0.6) is 0 Å². The number of likely N-dealkylation sites (tertiary alicyclic amines) is 1. The summed E-state index contributed by atoms with van der Waals surface area (Å²) < 4.78 is 11.9. The Bertz CT molecular complexity index is 1010. The van der Waals surface area contributed by atoms with Crippen molar-refractivity contribution in [3.05, 3.63) is 70.9 Å². The third kappa shape index (κ3) is 4.27. The third-order valence-electron chi connectivity index (χ3n) is 6.00. The summed E-state index contributed by atoms with van der Waals surface area (Å²) in [5.41, 5.74) is 5.55. The summed E-state index contributed by atoms with van der Waals surface area (Å²) in [4.78, 5) is 18.4. The minimum absolute atomic E-state index is 0.117. The summed E-state index contributed by atoms with van der Waals surface area (Å²) in [6, 6.07) is 13.6. The highest BCUT2D eigenvalue weighted by atomic mass is 16.6. The number of aromatic nitrogens is 1. The average Bonchev–Trinajstić information content (AvgIpc) is 3.24. The molecule has 158 valence electrons.